The van der Waals surface area contributed by atoms with Crippen molar-refractivity contribution in [1.82, 2.24) is 9.62 Å². The van der Waals surface area contributed by atoms with E-state index in [1.54, 1.807) is 25.1 Å². The van der Waals surface area contributed by atoms with Crippen LogP contribution in [0.2, 0.25) is 0 Å². The summed E-state index contributed by atoms with van der Waals surface area (Å²) in [4.78, 5) is 12.2. The van der Waals surface area contributed by atoms with E-state index in [0.717, 1.165) is 4.31 Å². The van der Waals surface area contributed by atoms with Gasteiger partial charge in [-0.1, -0.05) is 32.0 Å². The maximum Gasteiger partial charge on any atom is 0.243 e. The first-order valence-corrected chi connectivity index (χ1v) is 8.78. The topological polar surface area (TPSA) is 90.3 Å². The minimum Gasteiger partial charge on any atom is -0.337 e. The number of amides is 1. The second-order valence-electron chi connectivity index (χ2n) is 6.16. The zero-order chi connectivity index (χ0) is 17.7. The number of hydrogen-bond acceptors (Lipinski definition) is 4. The van der Waals surface area contributed by atoms with Crippen molar-refractivity contribution < 1.29 is 13.2 Å². The Balaban J connectivity index is 2.79. The highest BCUT2D eigenvalue weighted by atomic mass is 32.2. The molecule has 0 spiro atoms. The van der Waals surface area contributed by atoms with Crippen LogP contribution >= 0.6 is 0 Å². The molecule has 23 heavy (non-hydrogen) atoms. The highest BCUT2D eigenvalue weighted by molar-refractivity contribution is 7.89. The Labute approximate surface area is 138 Å². The maximum absolute atomic E-state index is 12.4. The fourth-order valence-electron chi connectivity index (χ4n) is 2.35. The molecule has 126 valence electrons. The van der Waals surface area contributed by atoms with Crippen molar-refractivity contribution in [2.24, 2.45) is 5.92 Å². The molecule has 0 saturated heterocycles. The molecule has 1 N–H and O–H groups in total. The van der Waals surface area contributed by atoms with Crippen LogP contribution in [0.5, 0.6) is 0 Å². The summed E-state index contributed by atoms with van der Waals surface area (Å²) in [6.45, 7) is 5.20. The van der Waals surface area contributed by atoms with Gasteiger partial charge in [0.15, 0.2) is 0 Å². The van der Waals surface area contributed by atoms with E-state index < -0.39 is 21.5 Å². The number of nitrogens with one attached hydrogen (secondary N) is 1. The highest BCUT2D eigenvalue weighted by Crippen LogP contribution is 2.16. The van der Waals surface area contributed by atoms with Crippen molar-refractivity contribution in [3.8, 4) is 6.07 Å². The predicted molar refractivity (Wildman–Crippen MR) is 87.9 cm³/mol. The molecule has 1 aromatic rings. The molecule has 6 nitrogen and oxygen atoms in total. The van der Waals surface area contributed by atoms with E-state index >= 15 is 0 Å². The van der Waals surface area contributed by atoms with Gasteiger partial charge in [0.2, 0.25) is 15.9 Å². The number of nitrogens with zero attached hydrogens (tertiary/aromatic N) is 2. The van der Waals surface area contributed by atoms with Crippen LogP contribution in [0.1, 0.15) is 27.2 Å². The quantitative estimate of drug-likeness (QED) is 0.821. The smallest absolute Gasteiger partial charge is 0.243 e. The number of nitriles is 1. The standard InChI is InChI=1S/C16H23N3O3S/c1-13(2)10-16(3,12-17)18-15(20)11-19(4)23(21,22)14-8-6-5-7-9-14/h5-9,13H,10-11H2,1-4H3,(H,18,20). The maximum atomic E-state index is 12.4. The number of rotatable bonds is 7. The van der Waals surface area contributed by atoms with Crippen molar-refractivity contribution in [3.05, 3.63) is 30.3 Å². The molecule has 0 fully saturated rings. The van der Waals surface area contributed by atoms with Gasteiger partial charge in [-0.05, 0) is 31.4 Å². The van der Waals surface area contributed by atoms with E-state index in [9.17, 15) is 18.5 Å². The summed E-state index contributed by atoms with van der Waals surface area (Å²) in [6, 6.07) is 9.99. The molecule has 0 aliphatic heterocycles. The fraction of sp³-hybridized carbons (Fsp3) is 0.500. The third-order valence-electron chi connectivity index (χ3n) is 3.30. The third kappa shape index (κ3) is 5.34. The Bertz CT molecular complexity index is 680. The van der Waals surface area contributed by atoms with Gasteiger partial charge in [0.25, 0.3) is 0 Å². The Kier molecular flexibility index (Phi) is 6.30. The first kappa shape index (κ1) is 19.1. The molecule has 0 aromatic heterocycles. The van der Waals surface area contributed by atoms with Crippen molar-refractivity contribution in [3.63, 3.8) is 0 Å². The number of hydrogen-bond donors (Lipinski definition) is 1. The lowest BCUT2D eigenvalue weighted by Crippen LogP contribution is -2.49. The summed E-state index contributed by atoms with van der Waals surface area (Å²) in [7, 11) is -2.39. The molecule has 1 unspecified atom stereocenters. The van der Waals surface area contributed by atoms with Crippen LogP contribution in [0.3, 0.4) is 0 Å². The van der Waals surface area contributed by atoms with Crippen LogP contribution in [0.15, 0.2) is 35.2 Å². The lowest BCUT2D eigenvalue weighted by molar-refractivity contribution is -0.122. The summed E-state index contributed by atoms with van der Waals surface area (Å²) < 4.78 is 25.7. The molecule has 7 heteroatoms. The van der Waals surface area contributed by atoms with E-state index in [0.29, 0.717) is 6.42 Å². The van der Waals surface area contributed by atoms with Crippen LogP contribution in [0.4, 0.5) is 0 Å². The van der Waals surface area contributed by atoms with E-state index in [-0.39, 0.29) is 17.4 Å². The largest absolute Gasteiger partial charge is 0.337 e. The van der Waals surface area contributed by atoms with Gasteiger partial charge in [-0.25, -0.2) is 8.42 Å². The van der Waals surface area contributed by atoms with Crippen molar-refractivity contribution in [1.29, 1.82) is 5.26 Å². The van der Waals surface area contributed by atoms with Gasteiger partial charge in [0, 0.05) is 7.05 Å². The zero-order valence-electron chi connectivity index (χ0n) is 13.9. The van der Waals surface area contributed by atoms with Crippen molar-refractivity contribution in [2.45, 2.75) is 37.6 Å². The Morgan fingerprint density at radius 2 is 1.91 bits per heavy atom. The van der Waals surface area contributed by atoms with E-state index in [1.807, 2.05) is 13.8 Å². The van der Waals surface area contributed by atoms with Crippen LogP contribution in [-0.2, 0) is 14.8 Å². The van der Waals surface area contributed by atoms with Gasteiger partial charge in [-0.2, -0.15) is 9.57 Å². The Hall–Kier alpha value is -1.91. The fourth-order valence-corrected chi connectivity index (χ4v) is 3.50. The number of sulfonamides is 1. The number of likely N-dealkylation sites (N-methyl/N-ethyl adjacent to an activating group) is 1. The Morgan fingerprint density at radius 1 is 1.35 bits per heavy atom. The van der Waals surface area contributed by atoms with E-state index in [1.165, 1.54) is 19.2 Å². The molecule has 0 aliphatic carbocycles. The number of carbonyl (C=O) groups excluding carboxylic acids is 1. The molecular formula is C16H23N3O3S. The summed E-state index contributed by atoms with van der Waals surface area (Å²) in [5.74, 6) is -0.276. The second-order valence-corrected chi connectivity index (χ2v) is 8.21. The van der Waals surface area contributed by atoms with Crippen LogP contribution < -0.4 is 5.32 Å². The molecule has 0 aliphatic rings. The average molecular weight is 337 g/mol. The Morgan fingerprint density at radius 3 is 2.39 bits per heavy atom. The molecule has 0 heterocycles. The van der Waals surface area contributed by atoms with Crippen molar-refractivity contribution >= 4 is 15.9 Å². The number of carbonyl (C=O) groups is 1. The van der Waals surface area contributed by atoms with Gasteiger partial charge in [-0.15, -0.1) is 0 Å². The summed E-state index contributed by atoms with van der Waals surface area (Å²) in [5.41, 5.74) is -1.01. The molecule has 1 atom stereocenters. The normalized spacial score (nSPS) is 14.3. The molecular weight excluding hydrogens is 314 g/mol. The minimum atomic E-state index is -3.73. The molecule has 0 radical (unpaired) electrons. The minimum absolute atomic E-state index is 0.125. The lowest BCUT2D eigenvalue weighted by Gasteiger charge is -2.26. The third-order valence-corrected chi connectivity index (χ3v) is 5.11. The van der Waals surface area contributed by atoms with E-state index in [2.05, 4.69) is 11.4 Å². The second kappa shape index (κ2) is 7.57. The first-order valence-electron chi connectivity index (χ1n) is 7.34. The molecule has 1 rings (SSSR count). The predicted octanol–water partition coefficient (Wildman–Crippen LogP) is 1.75. The van der Waals surface area contributed by atoms with E-state index in [4.69, 9.17) is 0 Å². The van der Waals surface area contributed by atoms with Crippen LogP contribution in [0.25, 0.3) is 0 Å². The summed E-state index contributed by atoms with van der Waals surface area (Å²) >= 11 is 0. The van der Waals surface area contributed by atoms with Gasteiger partial charge in [0.1, 0.15) is 5.54 Å². The van der Waals surface area contributed by atoms with Crippen LogP contribution in [0, 0.1) is 17.2 Å². The highest BCUT2D eigenvalue weighted by Gasteiger charge is 2.29. The monoisotopic (exact) mass is 337 g/mol. The van der Waals surface area contributed by atoms with Crippen LogP contribution in [-0.4, -0.2) is 37.8 Å². The molecule has 1 aromatic carbocycles. The molecule has 0 bridgehead atoms. The van der Waals surface area contributed by atoms with Gasteiger partial charge >= 0.3 is 0 Å². The average Bonchev–Trinajstić information content (AvgIpc) is 2.46. The zero-order valence-corrected chi connectivity index (χ0v) is 14.7. The SMILES string of the molecule is CC(C)CC(C)(C#N)NC(=O)CN(C)S(=O)(=O)c1ccccc1. The number of benzene rings is 1. The first-order chi connectivity index (χ1) is 10.6. The summed E-state index contributed by atoms with van der Waals surface area (Å²) in [6.07, 6.45) is 0.490. The van der Waals surface area contributed by atoms with Crippen molar-refractivity contribution in [2.75, 3.05) is 13.6 Å². The van der Waals surface area contributed by atoms with Gasteiger partial charge in [0.05, 0.1) is 17.5 Å². The lowest BCUT2D eigenvalue weighted by atomic mass is 9.92. The molecule has 0 saturated carbocycles. The summed E-state index contributed by atoms with van der Waals surface area (Å²) in [5, 5.41) is 11.9. The van der Waals surface area contributed by atoms with Gasteiger partial charge < -0.3 is 5.32 Å². The van der Waals surface area contributed by atoms with Gasteiger partial charge in [-0.3, -0.25) is 4.79 Å². The molecule has 1 amide bonds.